The minimum absolute atomic E-state index is 0.0820. The first kappa shape index (κ1) is 10.5. The van der Waals surface area contributed by atoms with Crippen molar-refractivity contribution in [3.05, 3.63) is 12.4 Å². The summed E-state index contributed by atoms with van der Waals surface area (Å²) in [5, 5.41) is 17.1. The molecule has 2 rings (SSSR count). The van der Waals surface area contributed by atoms with Crippen molar-refractivity contribution in [1.82, 2.24) is 9.78 Å². The van der Waals surface area contributed by atoms with Crippen LogP contribution >= 0.6 is 0 Å². The molecule has 0 saturated heterocycles. The van der Waals surface area contributed by atoms with Gasteiger partial charge in [0, 0.05) is 18.8 Å². The van der Waals surface area contributed by atoms with Crippen LogP contribution in [0.25, 0.3) is 0 Å². The molecule has 1 aromatic heterocycles. The van der Waals surface area contributed by atoms with Crippen LogP contribution in [0, 0.1) is 0 Å². The van der Waals surface area contributed by atoms with E-state index in [2.05, 4.69) is 17.3 Å². The van der Waals surface area contributed by atoms with Crippen molar-refractivity contribution in [3.8, 4) is 0 Å². The lowest BCUT2D eigenvalue weighted by Gasteiger charge is -2.26. The van der Waals surface area contributed by atoms with Crippen LogP contribution in [0.1, 0.15) is 32.6 Å². The van der Waals surface area contributed by atoms with Gasteiger partial charge in [0.05, 0.1) is 18.0 Å². The van der Waals surface area contributed by atoms with E-state index in [1.54, 1.807) is 0 Å². The van der Waals surface area contributed by atoms with Gasteiger partial charge in [0.25, 0.3) is 0 Å². The molecule has 15 heavy (non-hydrogen) atoms. The van der Waals surface area contributed by atoms with E-state index in [1.165, 1.54) is 0 Å². The maximum atomic E-state index is 9.39. The molecule has 1 aliphatic carbocycles. The molecule has 0 spiro atoms. The summed E-state index contributed by atoms with van der Waals surface area (Å²) in [6.07, 6.45) is 7.76. The average molecular weight is 209 g/mol. The van der Waals surface area contributed by atoms with E-state index in [9.17, 15) is 5.11 Å². The Hall–Kier alpha value is -1.03. The van der Waals surface area contributed by atoms with Crippen molar-refractivity contribution in [3.63, 3.8) is 0 Å². The molecule has 4 heteroatoms. The van der Waals surface area contributed by atoms with Crippen LogP contribution in [-0.4, -0.2) is 27.0 Å². The number of hydrogen-bond donors (Lipinski definition) is 2. The van der Waals surface area contributed by atoms with Gasteiger partial charge in [-0.15, -0.1) is 0 Å². The zero-order chi connectivity index (χ0) is 10.7. The molecule has 0 atom stereocenters. The fraction of sp³-hybridized carbons (Fsp3) is 0.727. The highest BCUT2D eigenvalue weighted by atomic mass is 16.3. The molecule has 0 amide bonds. The summed E-state index contributed by atoms with van der Waals surface area (Å²) in [4.78, 5) is 0. The number of nitrogens with one attached hydrogen (secondary N) is 1. The first-order valence-electron chi connectivity index (χ1n) is 5.75. The van der Waals surface area contributed by atoms with Crippen LogP contribution in [-0.2, 0) is 6.54 Å². The zero-order valence-electron chi connectivity index (χ0n) is 9.19. The van der Waals surface area contributed by atoms with Crippen LogP contribution < -0.4 is 5.32 Å². The van der Waals surface area contributed by atoms with Gasteiger partial charge in [-0.25, -0.2) is 0 Å². The highest BCUT2D eigenvalue weighted by Gasteiger charge is 2.19. The van der Waals surface area contributed by atoms with Gasteiger partial charge in [-0.05, 0) is 32.6 Å². The second-order valence-electron chi connectivity index (χ2n) is 4.23. The normalized spacial score (nSPS) is 26.5. The number of anilines is 1. The highest BCUT2D eigenvalue weighted by molar-refractivity contribution is 5.39. The molecule has 1 fully saturated rings. The minimum atomic E-state index is -0.0820. The fourth-order valence-corrected chi connectivity index (χ4v) is 2.07. The third kappa shape index (κ3) is 2.72. The predicted octanol–water partition coefficient (Wildman–Crippen LogP) is 1.62. The Kier molecular flexibility index (Phi) is 3.26. The van der Waals surface area contributed by atoms with Gasteiger partial charge in [0.1, 0.15) is 0 Å². The average Bonchev–Trinajstić information content (AvgIpc) is 2.69. The van der Waals surface area contributed by atoms with Gasteiger partial charge >= 0.3 is 0 Å². The lowest BCUT2D eigenvalue weighted by molar-refractivity contribution is 0.126. The molecule has 1 aliphatic rings. The Morgan fingerprint density at radius 2 is 2.20 bits per heavy atom. The molecule has 0 radical (unpaired) electrons. The number of aromatic nitrogens is 2. The monoisotopic (exact) mass is 209 g/mol. The van der Waals surface area contributed by atoms with Crippen LogP contribution in [0.4, 0.5) is 5.69 Å². The molecule has 0 aliphatic heterocycles. The van der Waals surface area contributed by atoms with Crippen molar-refractivity contribution in [2.75, 3.05) is 5.32 Å². The number of aliphatic hydroxyl groups excluding tert-OH is 1. The summed E-state index contributed by atoms with van der Waals surface area (Å²) < 4.78 is 1.92. The third-order valence-corrected chi connectivity index (χ3v) is 3.02. The molecular formula is C11H19N3O. The van der Waals surface area contributed by atoms with Crippen LogP contribution in [0.5, 0.6) is 0 Å². The van der Waals surface area contributed by atoms with E-state index in [1.807, 2.05) is 17.1 Å². The number of aliphatic hydroxyl groups is 1. The van der Waals surface area contributed by atoms with Crippen molar-refractivity contribution in [1.29, 1.82) is 0 Å². The third-order valence-electron chi connectivity index (χ3n) is 3.02. The molecule has 0 aromatic carbocycles. The summed E-state index contributed by atoms with van der Waals surface area (Å²) in [6, 6.07) is 0.503. The molecule has 2 N–H and O–H groups in total. The Balaban J connectivity index is 1.86. The lowest BCUT2D eigenvalue weighted by atomic mass is 9.93. The van der Waals surface area contributed by atoms with Crippen molar-refractivity contribution in [2.24, 2.45) is 0 Å². The van der Waals surface area contributed by atoms with E-state index in [0.717, 1.165) is 37.9 Å². The summed E-state index contributed by atoms with van der Waals surface area (Å²) in [5.74, 6) is 0. The molecule has 1 aromatic rings. The highest BCUT2D eigenvalue weighted by Crippen LogP contribution is 2.21. The molecule has 84 valence electrons. The van der Waals surface area contributed by atoms with Gasteiger partial charge in [0.2, 0.25) is 0 Å². The fourth-order valence-electron chi connectivity index (χ4n) is 2.07. The van der Waals surface area contributed by atoms with E-state index in [4.69, 9.17) is 0 Å². The summed E-state index contributed by atoms with van der Waals surface area (Å²) in [7, 11) is 0. The van der Waals surface area contributed by atoms with Crippen molar-refractivity contribution < 1.29 is 5.11 Å². The summed E-state index contributed by atoms with van der Waals surface area (Å²) in [5.41, 5.74) is 1.10. The number of nitrogens with zero attached hydrogens (tertiary/aromatic N) is 2. The second kappa shape index (κ2) is 4.66. The van der Waals surface area contributed by atoms with Crippen LogP contribution in [0.15, 0.2) is 12.4 Å². The maximum absolute atomic E-state index is 9.39. The smallest absolute Gasteiger partial charge is 0.0728 e. The predicted molar refractivity (Wildman–Crippen MR) is 59.8 cm³/mol. The molecular weight excluding hydrogens is 190 g/mol. The van der Waals surface area contributed by atoms with Gasteiger partial charge in [-0.2, -0.15) is 5.10 Å². The van der Waals surface area contributed by atoms with Crippen molar-refractivity contribution in [2.45, 2.75) is 51.3 Å². The molecule has 0 unspecified atom stereocenters. The number of hydrogen-bond acceptors (Lipinski definition) is 3. The van der Waals surface area contributed by atoms with E-state index in [0.29, 0.717) is 6.04 Å². The van der Waals surface area contributed by atoms with E-state index in [-0.39, 0.29) is 6.10 Å². The maximum Gasteiger partial charge on any atom is 0.0728 e. The summed E-state index contributed by atoms with van der Waals surface area (Å²) in [6.45, 7) is 2.98. The van der Waals surface area contributed by atoms with Crippen LogP contribution in [0.2, 0.25) is 0 Å². The number of aryl methyl sites for hydroxylation is 1. The summed E-state index contributed by atoms with van der Waals surface area (Å²) >= 11 is 0. The Morgan fingerprint density at radius 1 is 1.47 bits per heavy atom. The minimum Gasteiger partial charge on any atom is -0.393 e. The van der Waals surface area contributed by atoms with Gasteiger partial charge in [-0.3, -0.25) is 4.68 Å². The number of rotatable bonds is 3. The van der Waals surface area contributed by atoms with Crippen molar-refractivity contribution >= 4 is 5.69 Å². The molecule has 0 bridgehead atoms. The molecule has 1 saturated carbocycles. The Bertz CT molecular complexity index is 303. The van der Waals surface area contributed by atoms with Gasteiger partial charge in [0.15, 0.2) is 0 Å². The zero-order valence-corrected chi connectivity index (χ0v) is 9.19. The first-order chi connectivity index (χ1) is 7.28. The van der Waals surface area contributed by atoms with E-state index >= 15 is 0 Å². The largest absolute Gasteiger partial charge is 0.393 e. The quantitative estimate of drug-likeness (QED) is 0.795. The van der Waals surface area contributed by atoms with Gasteiger partial charge < -0.3 is 10.4 Å². The SMILES string of the molecule is CCn1cc(NC2CCC(O)CC2)cn1. The Labute approximate surface area is 90.3 Å². The molecule has 4 nitrogen and oxygen atoms in total. The van der Waals surface area contributed by atoms with Gasteiger partial charge in [-0.1, -0.05) is 0 Å². The topological polar surface area (TPSA) is 50.1 Å². The second-order valence-corrected chi connectivity index (χ2v) is 4.23. The van der Waals surface area contributed by atoms with Crippen LogP contribution in [0.3, 0.4) is 0 Å². The Morgan fingerprint density at radius 3 is 2.80 bits per heavy atom. The standard InChI is InChI=1S/C11H19N3O/c1-2-14-8-10(7-12-14)13-9-3-5-11(15)6-4-9/h7-9,11,13,15H,2-6H2,1H3. The van der Waals surface area contributed by atoms with E-state index < -0.39 is 0 Å². The lowest BCUT2D eigenvalue weighted by Crippen LogP contribution is -2.28. The molecule has 1 heterocycles. The first-order valence-corrected chi connectivity index (χ1v) is 5.75.